The first kappa shape index (κ1) is 16.0. The Bertz CT molecular complexity index is 319. The fourth-order valence-electron chi connectivity index (χ4n) is 2.28. The van der Waals surface area contributed by atoms with E-state index < -0.39 is 5.60 Å². The lowest BCUT2D eigenvalue weighted by Gasteiger charge is -2.33. The number of hydrogen-bond donors (Lipinski definition) is 2. The summed E-state index contributed by atoms with van der Waals surface area (Å²) in [7, 11) is 0. The van der Waals surface area contributed by atoms with E-state index in [1.807, 2.05) is 13.8 Å². The van der Waals surface area contributed by atoms with E-state index in [1.165, 1.54) is 0 Å². The quantitative estimate of drug-likeness (QED) is 0.753. The van der Waals surface area contributed by atoms with Gasteiger partial charge in [0.05, 0.1) is 12.1 Å². The van der Waals surface area contributed by atoms with Crippen LogP contribution in [-0.2, 0) is 0 Å². The number of carbonyl (C=O) groups excluding carboxylic acids is 1. The van der Waals surface area contributed by atoms with Crippen LogP contribution >= 0.6 is 0 Å². The van der Waals surface area contributed by atoms with E-state index in [0.29, 0.717) is 12.5 Å². The molecule has 0 bridgehead atoms. The molecule has 4 heteroatoms. The number of amides is 2. The molecule has 0 heterocycles. The molecular formula is C15H28N2O2. The summed E-state index contributed by atoms with van der Waals surface area (Å²) < 4.78 is 0. The minimum Gasteiger partial charge on any atom is -0.389 e. The smallest absolute Gasteiger partial charge is 0.317 e. The highest BCUT2D eigenvalue weighted by molar-refractivity contribution is 5.74. The van der Waals surface area contributed by atoms with E-state index in [4.69, 9.17) is 0 Å². The Morgan fingerprint density at radius 1 is 1.47 bits per heavy atom. The third-order valence-electron chi connectivity index (χ3n) is 3.36. The lowest BCUT2D eigenvalue weighted by atomic mass is 9.94. The van der Waals surface area contributed by atoms with Crippen molar-refractivity contribution >= 4 is 6.03 Å². The Morgan fingerprint density at radius 2 is 2.16 bits per heavy atom. The topological polar surface area (TPSA) is 52.6 Å². The number of nitrogens with zero attached hydrogens (tertiary/aromatic N) is 1. The van der Waals surface area contributed by atoms with E-state index >= 15 is 0 Å². The number of allylic oxidation sites excluding steroid dienone is 2. The summed E-state index contributed by atoms with van der Waals surface area (Å²) >= 11 is 0. The molecule has 1 aliphatic carbocycles. The van der Waals surface area contributed by atoms with Crippen LogP contribution in [0.3, 0.4) is 0 Å². The molecular weight excluding hydrogens is 240 g/mol. The van der Waals surface area contributed by atoms with Crippen LogP contribution in [0, 0.1) is 5.92 Å². The van der Waals surface area contributed by atoms with Gasteiger partial charge in [0.25, 0.3) is 0 Å². The normalized spacial score (nSPS) is 19.6. The van der Waals surface area contributed by atoms with Crippen molar-refractivity contribution in [1.29, 1.82) is 0 Å². The van der Waals surface area contributed by atoms with E-state index in [0.717, 1.165) is 25.8 Å². The van der Waals surface area contributed by atoms with Gasteiger partial charge in [-0.05, 0) is 52.9 Å². The summed E-state index contributed by atoms with van der Waals surface area (Å²) in [6.45, 7) is 8.45. The highest BCUT2D eigenvalue weighted by atomic mass is 16.3. The maximum Gasteiger partial charge on any atom is 0.317 e. The minimum atomic E-state index is -0.866. The zero-order valence-electron chi connectivity index (χ0n) is 12.6. The molecule has 1 aliphatic rings. The van der Waals surface area contributed by atoms with Gasteiger partial charge >= 0.3 is 6.03 Å². The lowest BCUT2D eigenvalue weighted by molar-refractivity contribution is 0.0386. The molecule has 2 N–H and O–H groups in total. The van der Waals surface area contributed by atoms with Crippen LogP contribution in [0.15, 0.2) is 12.2 Å². The van der Waals surface area contributed by atoms with Crippen molar-refractivity contribution in [3.8, 4) is 0 Å². The average molecular weight is 268 g/mol. The Labute approximate surface area is 116 Å². The van der Waals surface area contributed by atoms with Crippen LogP contribution in [-0.4, -0.2) is 40.8 Å². The molecule has 0 spiro atoms. The summed E-state index contributed by atoms with van der Waals surface area (Å²) in [6.07, 6.45) is 7.69. The number of nitrogens with one attached hydrogen (secondary N) is 1. The second kappa shape index (κ2) is 6.94. The van der Waals surface area contributed by atoms with Gasteiger partial charge in [-0.3, -0.25) is 0 Å². The van der Waals surface area contributed by atoms with Crippen LogP contribution in [0.5, 0.6) is 0 Å². The van der Waals surface area contributed by atoms with Crippen LogP contribution in [0.1, 0.15) is 47.0 Å². The molecule has 0 aliphatic heterocycles. The first-order chi connectivity index (χ1) is 8.79. The summed E-state index contributed by atoms with van der Waals surface area (Å²) in [5.41, 5.74) is -0.866. The number of urea groups is 1. The molecule has 1 rings (SSSR count). The molecule has 4 nitrogen and oxygen atoms in total. The third-order valence-corrected chi connectivity index (χ3v) is 3.36. The van der Waals surface area contributed by atoms with Gasteiger partial charge in [-0.1, -0.05) is 12.2 Å². The van der Waals surface area contributed by atoms with Crippen LogP contribution in [0.25, 0.3) is 0 Å². The zero-order chi connectivity index (χ0) is 14.5. The van der Waals surface area contributed by atoms with Crippen molar-refractivity contribution in [2.45, 2.75) is 58.6 Å². The summed E-state index contributed by atoms with van der Waals surface area (Å²) in [6, 6.07) is 0.00403. The molecule has 0 fully saturated rings. The van der Waals surface area contributed by atoms with E-state index in [9.17, 15) is 9.90 Å². The zero-order valence-corrected chi connectivity index (χ0v) is 12.6. The molecule has 0 saturated carbocycles. The summed E-state index contributed by atoms with van der Waals surface area (Å²) in [5.74, 6) is 0.546. The van der Waals surface area contributed by atoms with Gasteiger partial charge in [0, 0.05) is 12.6 Å². The molecule has 19 heavy (non-hydrogen) atoms. The molecule has 0 aromatic heterocycles. The number of hydrogen-bond acceptors (Lipinski definition) is 2. The standard InChI is InChI=1S/C15H28N2O2/c1-12(2)17(11-15(3,4)19)14(18)16-10-13-8-6-5-7-9-13/h5-6,12-13,19H,7-11H2,1-4H3,(H,16,18)/t13-/m1/s1. The predicted molar refractivity (Wildman–Crippen MR) is 78.0 cm³/mol. The van der Waals surface area contributed by atoms with Crippen molar-refractivity contribution in [3.05, 3.63) is 12.2 Å². The van der Waals surface area contributed by atoms with Gasteiger partial charge in [-0.2, -0.15) is 0 Å². The second-order valence-corrected chi connectivity index (χ2v) is 6.37. The van der Waals surface area contributed by atoms with Crippen LogP contribution in [0.4, 0.5) is 4.79 Å². The first-order valence-corrected chi connectivity index (χ1v) is 7.21. The Kier molecular flexibility index (Phi) is 5.85. The fourth-order valence-corrected chi connectivity index (χ4v) is 2.28. The summed E-state index contributed by atoms with van der Waals surface area (Å²) in [5, 5.41) is 12.9. The molecule has 0 aromatic rings. The third kappa shape index (κ3) is 6.10. The molecule has 0 saturated heterocycles. The van der Waals surface area contributed by atoms with Crippen molar-refractivity contribution in [2.75, 3.05) is 13.1 Å². The number of aliphatic hydroxyl groups is 1. The van der Waals surface area contributed by atoms with Gasteiger partial charge < -0.3 is 15.3 Å². The van der Waals surface area contributed by atoms with E-state index in [-0.39, 0.29) is 12.1 Å². The maximum absolute atomic E-state index is 12.2. The van der Waals surface area contributed by atoms with E-state index in [2.05, 4.69) is 17.5 Å². The SMILES string of the molecule is CC(C)N(CC(C)(C)O)C(=O)NC[C@@H]1CC=CCC1. The van der Waals surface area contributed by atoms with Crippen molar-refractivity contribution in [2.24, 2.45) is 5.92 Å². The minimum absolute atomic E-state index is 0.0771. The average Bonchev–Trinajstić information content (AvgIpc) is 2.33. The van der Waals surface area contributed by atoms with Gasteiger partial charge in [0.2, 0.25) is 0 Å². The largest absolute Gasteiger partial charge is 0.389 e. The first-order valence-electron chi connectivity index (χ1n) is 7.21. The van der Waals surface area contributed by atoms with Gasteiger partial charge in [0.15, 0.2) is 0 Å². The molecule has 2 amide bonds. The van der Waals surface area contributed by atoms with Crippen LogP contribution in [0.2, 0.25) is 0 Å². The van der Waals surface area contributed by atoms with E-state index in [1.54, 1.807) is 18.7 Å². The molecule has 0 aromatic carbocycles. The highest BCUT2D eigenvalue weighted by Crippen LogP contribution is 2.17. The Balaban J connectivity index is 2.45. The number of carbonyl (C=O) groups is 1. The second-order valence-electron chi connectivity index (χ2n) is 6.37. The lowest BCUT2D eigenvalue weighted by Crippen LogP contribution is -2.50. The van der Waals surface area contributed by atoms with Crippen molar-refractivity contribution in [3.63, 3.8) is 0 Å². The van der Waals surface area contributed by atoms with Gasteiger partial charge in [0.1, 0.15) is 0 Å². The highest BCUT2D eigenvalue weighted by Gasteiger charge is 2.25. The summed E-state index contributed by atoms with van der Waals surface area (Å²) in [4.78, 5) is 13.9. The number of rotatable bonds is 5. The van der Waals surface area contributed by atoms with Crippen molar-refractivity contribution in [1.82, 2.24) is 10.2 Å². The molecule has 1 atom stereocenters. The Morgan fingerprint density at radius 3 is 2.63 bits per heavy atom. The molecule has 0 radical (unpaired) electrons. The van der Waals surface area contributed by atoms with Gasteiger partial charge in [-0.25, -0.2) is 4.79 Å². The molecule has 110 valence electrons. The van der Waals surface area contributed by atoms with Gasteiger partial charge in [-0.15, -0.1) is 0 Å². The Hall–Kier alpha value is -1.03. The predicted octanol–water partition coefficient (Wildman–Crippen LogP) is 2.53. The monoisotopic (exact) mass is 268 g/mol. The maximum atomic E-state index is 12.2. The molecule has 0 unspecified atom stereocenters. The fraction of sp³-hybridized carbons (Fsp3) is 0.800. The van der Waals surface area contributed by atoms with Crippen molar-refractivity contribution < 1.29 is 9.90 Å². The van der Waals surface area contributed by atoms with Crippen LogP contribution < -0.4 is 5.32 Å².